The van der Waals surface area contributed by atoms with E-state index in [2.05, 4.69) is 10.3 Å². The van der Waals surface area contributed by atoms with Crippen molar-refractivity contribution in [2.75, 3.05) is 11.4 Å². The number of aromatic nitrogens is 1. The van der Waals surface area contributed by atoms with Crippen LogP contribution < -0.4 is 10.2 Å². The number of aryl methyl sites for hydroxylation is 1. The van der Waals surface area contributed by atoms with Gasteiger partial charge in [-0.15, -0.1) is 0 Å². The van der Waals surface area contributed by atoms with Gasteiger partial charge in [-0.05, 0) is 43.0 Å². The number of benzene rings is 2. The van der Waals surface area contributed by atoms with Gasteiger partial charge in [-0.2, -0.15) is 0 Å². The van der Waals surface area contributed by atoms with Gasteiger partial charge >= 0.3 is 6.03 Å². The van der Waals surface area contributed by atoms with E-state index < -0.39 is 12.1 Å². The first-order chi connectivity index (χ1) is 15.0. The summed E-state index contributed by atoms with van der Waals surface area (Å²) >= 11 is 0. The molecule has 2 aliphatic heterocycles. The molecular formula is C24H24N4O3. The molecule has 1 saturated heterocycles. The van der Waals surface area contributed by atoms with E-state index in [0.29, 0.717) is 6.42 Å². The average Bonchev–Trinajstić information content (AvgIpc) is 3.30. The van der Waals surface area contributed by atoms with Crippen LogP contribution in [0.5, 0.6) is 0 Å². The fourth-order valence-corrected chi connectivity index (χ4v) is 4.67. The van der Waals surface area contributed by atoms with E-state index in [1.54, 1.807) is 4.90 Å². The Hall–Kier alpha value is -3.61. The molecule has 0 bridgehead atoms. The Kier molecular flexibility index (Phi) is 4.73. The predicted octanol–water partition coefficient (Wildman–Crippen LogP) is 3.00. The number of hydrogen-bond acceptors (Lipinski definition) is 3. The molecule has 5 rings (SSSR count). The maximum absolute atomic E-state index is 13.2. The van der Waals surface area contributed by atoms with Gasteiger partial charge in [-0.3, -0.25) is 14.5 Å². The fraction of sp³-hybridized carbons (Fsp3) is 0.292. The minimum Gasteiger partial charge on any atom is -0.361 e. The summed E-state index contributed by atoms with van der Waals surface area (Å²) in [5.74, 6) is -0.600. The SMILES string of the molecule is CC1CCc2ccccc2N1C(=O)CN1C(=O)NC(Cc2c[nH]c3ccccc23)C1=O. The monoisotopic (exact) mass is 416 g/mol. The van der Waals surface area contributed by atoms with Crippen molar-refractivity contribution in [3.63, 3.8) is 0 Å². The summed E-state index contributed by atoms with van der Waals surface area (Å²) in [5, 5.41) is 3.77. The second-order valence-electron chi connectivity index (χ2n) is 8.27. The molecule has 1 fully saturated rings. The molecule has 4 amide bonds. The number of nitrogens with zero attached hydrogens (tertiary/aromatic N) is 2. The van der Waals surface area contributed by atoms with Gasteiger partial charge in [0, 0.05) is 35.2 Å². The van der Waals surface area contributed by atoms with Crippen molar-refractivity contribution in [3.05, 3.63) is 65.9 Å². The third-order valence-electron chi connectivity index (χ3n) is 6.29. The summed E-state index contributed by atoms with van der Waals surface area (Å²) in [6.45, 7) is 1.74. The maximum atomic E-state index is 13.2. The molecular weight excluding hydrogens is 392 g/mol. The molecule has 2 aromatic carbocycles. The third-order valence-corrected chi connectivity index (χ3v) is 6.29. The van der Waals surface area contributed by atoms with Crippen LogP contribution in [-0.2, 0) is 22.4 Å². The second kappa shape index (κ2) is 7.58. The van der Waals surface area contributed by atoms with Crippen LogP contribution in [0.4, 0.5) is 10.5 Å². The van der Waals surface area contributed by atoms with E-state index in [9.17, 15) is 14.4 Å². The molecule has 2 unspecified atom stereocenters. The van der Waals surface area contributed by atoms with Crippen LogP contribution in [0.1, 0.15) is 24.5 Å². The van der Waals surface area contributed by atoms with Gasteiger partial charge < -0.3 is 15.2 Å². The van der Waals surface area contributed by atoms with Crippen molar-refractivity contribution in [2.45, 2.75) is 38.3 Å². The van der Waals surface area contributed by atoms with Crippen LogP contribution in [0.3, 0.4) is 0 Å². The Bertz CT molecular complexity index is 1180. The topological polar surface area (TPSA) is 85.5 Å². The predicted molar refractivity (Wildman–Crippen MR) is 118 cm³/mol. The molecule has 0 radical (unpaired) electrons. The summed E-state index contributed by atoms with van der Waals surface area (Å²) in [7, 11) is 0. The summed E-state index contributed by atoms with van der Waals surface area (Å²) in [6, 6.07) is 14.5. The number of aromatic amines is 1. The maximum Gasteiger partial charge on any atom is 0.325 e. The first kappa shape index (κ1) is 19.4. The number of amides is 4. The highest BCUT2D eigenvalue weighted by atomic mass is 16.2. The fourth-order valence-electron chi connectivity index (χ4n) is 4.67. The van der Waals surface area contributed by atoms with Gasteiger partial charge in [0.25, 0.3) is 5.91 Å². The molecule has 7 heteroatoms. The van der Waals surface area contributed by atoms with Crippen molar-refractivity contribution in [2.24, 2.45) is 0 Å². The standard InChI is InChI=1S/C24H24N4O3/c1-15-10-11-16-6-2-5-9-21(16)28(15)22(29)14-27-23(30)20(26-24(27)31)12-17-13-25-19-8-4-3-7-18(17)19/h2-9,13,15,20,25H,10-12,14H2,1H3,(H,26,31). The number of fused-ring (bicyclic) bond motifs is 2. The van der Waals surface area contributed by atoms with Crippen molar-refractivity contribution in [3.8, 4) is 0 Å². The van der Waals surface area contributed by atoms with Crippen LogP contribution in [0.25, 0.3) is 10.9 Å². The van der Waals surface area contributed by atoms with E-state index in [1.807, 2.05) is 61.7 Å². The Morgan fingerprint density at radius 2 is 1.87 bits per heavy atom. The van der Waals surface area contributed by atoms with Crippen LogP contribution in [-0.4, -0.2) is 46.4 Å². The number of imide groups is 1. The molecule has 2 aliphatic rings. The highest BCUT2D eigenvalue weighted by Crippen LogP contribution is 2.31. The Labute approximate surface area is 180 Å². The zero-order valence-corrected chi connectivity index (χ0v) is 17.3. The summed E-state index contributed by atoms with van der Waals surface area (Å²) < 4.78 is 0. The van der Waals surface area contributed by atoms with E-state index in [1.165, 1.54) is 0 Å². The smallest absolute Gasteiger partial charge is 0.325 e. The van der Waals surface area contributed by atoms with Crippen LogP contribution in [0.15, 0.2) is 54.7 Å². The Morgan fingerprint density at radius 3 is 2.74 bits per heavy atom. The highest BCUT2D eigenvalue weighted by molar-refractivity contribution is 6.09. The van der Waals surface area contributed by atoms with Gasteiger partial charge in [0.15, 0.2) is 0 Å². The second-order valence-corrected chi connectivity index (χ2v) is 8.27. The number of carbonyl (C=O) groups excluding carboxylic acids is 3. The largest absolute Gasteiger partial charge is 0.361 e. The van der Waals surface area contributed by atoms with Crippen molar-refractivity contribution in [1.29, 1.82) is 0 Å². The molecule has 158 valence electrons. The lowest BCUT2D eigenvalue weighted by Gasteiger charge is -2.36. The third kappa shape index (κ3) is 3.36. The molecule has 2 atom stereocenters. The normalized spacial score (nSPS) is 20.8. The minimum absolute atomic E-state index is 0.0187. The first-order valence-corrected chi connectivity index (χ1v) is 10.6. The number of hydrogen-bond donors (Lipinski definition) is 2. The molecule has 2 N–H and O–H groups in total. The van der Waals surface area contributed by atoms with Crippen molar-refractivity contribution >= 4 is 34.4 Å². The average molecular weight is 416 g/mol. The number of para-hydroxylation sites is 2. The molecule has 0 spiro atoms. The van der Waals surface area contributed by atoms with E-state index >= 15 is 0 Å². The number of nitrogens with one attached hydrogen (secondary N) is 2. The molecule has 3 aromatic rings. The lowest BCUT2D eigenvalue weighted by Crippen LogP contribution is -2.48. The number of urea groups is 1. The van der Waals surface area contributed by atoms with Crippen molar-refractivity contribution in [1.82, 2.24) is 15.2 Å². The zero-order valence-electron chi connectivity index (χ0n) is 17.3. The quantitative estimate of drug-likeness (QED) is 0.641. The summed E-state index contributed by atoms with van der Waals surface area (Å²) in [5.41, 5.74) is 3.93. The van der Waals surface area contributed by atoms with Gasteiger partial charge in [0.05, 0.1) is 0 Å². The number of carbonyl (C=O) groups is 3. The lowest BCUT2D eigenvalue weighted by atomic mass is 9.96. The Morgan fingerprint density at radius 1 is 1.10 bits per heavy atom. The first-order valence-electron chi connectivity index (χ1n) is 10.6. The number of H-pyrrole nitrogens is 1. The van der Waals surface area contributed by atoms with Crippen LogP contribution in [0, 0.1) is 0 Å². The molecule has 0 aliphatic carbocycles. The van der Waals surface area contributed by atoms with Gasteiger partial charge in [-0.1, -0.05) is 36.4 Å². The van der Waals surface area contributed by atoms with Crippen LogP contribution >= 0.6 is 0 Å². The number of anilines is 1. The van der Waals surface area contributed by atoms with Crippen molar-refractivity contribution < 1.29 is 14.4 Å². The molecule has 0 saturated carbocycles. The molecule has 7 nitrogen and oxygen atoms in total. The van der Waals surface area contributed by atoms with E-state index in [-0.39, 0.29) is 24.4 Å². The van der Waals surface area contributed by atoms with E-state index in [4.69, 9.17) is 0 Å². The van der Waals surface area contributed by atoms with Crippen LogP contribution in [0.2, 0.25) is 0 Å². The van der Waals surface area contributed by atoms with Gasteiger partial charge in [0.1, 0.15) is 12.6 Å². The zero-order chi connectivity index (χ0) is 21.5. The van der Waals surface area contributed by atoms with E-state index in [0.717, 1.165) is 45.5 Å². The minimum atomic E-state index is -0.675. The summed E-state index contributed by atoms with van der Waals surface area (Å²) in [4.78, 5) is 44.7. The Balaban J connectivity index is 1.33. The highest BCUT2D eigenvalue weighted by Gasteiger charge is 2.41. The molecule has 31 heavy (non-hydrogen) atoms. The van der Waals surface area contributed by atoms with Gasteiger partial charge in [0.2, 0.25) is 5.91 Å². The van der Waals surface area contributed by atoms with Gasteiger partial charge in [-0.25, -0.2) is 4.79 Å². The lowest BCUT2D eigenvalue weighted by molar-refractivity contribution is -0.131. The molecule has 3 heterocycles. The molecule has 1 aromatic heterocycles. The summed E-state index contributed by atoms with van der Waals surface area (Å²) in [6.07, 6.45) is 4.01. The number of rotatable bonds is 4.